The molecule has 0 unspecified atom stereocenters. The van der Waals surface area contributed by atoms with Gasteiger partial charge in [0.1, 0.15) is 17.1 Å². The molecular weight excluding hydrogens is 527 g/mol. The maximum Gasteiger partial charge on any atom is 0.284 e. The summed E-state index contributed by atoms with van der Waals surface area (Å²) in [5.41, 5.74) is 0.855. The van der Waals surface area contributed by atoms with E-state index in [4.69, 9.17) is 9.47 Å². The fourth-order valence-corrected chi connectivity index (χ4v) is 4.50. The van der Waals surface area contributed by atoms with Crippen LogP contribution in [0.4, 0.5) is 10.1 Å². The maximum atomic E-state index is 15.1. The molecule has 0 bridgehead atoms. The molecule has 2 heterocycles. The summed E-state index contributed by atoms with van der Waals surface area (Å²) >= 11 is 0. The van der Waals surface area contributed by atoms with E-state index in [-0.39, 0.29) is 35.7 Å². The number of nitrogens with zero attached hydrogens (tertiary/aromatic N) is 3. The Morgan fingerprint density at radius 2 is 1.78 bits per heavy atom. The molecule has 5 rings (SSSR count). The summed E-state index contributed by atoms with van der Waals surface area (Å²) in [7, 11) is 1.56. The van der Waals surface area contributed by atoms with Gasteiger partial charge in [0.15, 0.2) is 17.3 Å². The molecule has 0 aliphatic rings. The molecular formula is C31H27FN4O5. The molecule has 1 amide bonds. The van der Waals surface area contributed by atoms with E-state index in [1.54, 1.807) is 81.8 Å². The summed E-state index contributed by atoms with van der Waals surface area (Å²) in [5, 5.41) is 3.27. The normalized spacial score (nSPS) is 10.9. The Bertz CT molecular complexity index is 1830. The summed E-state index contributed by atoms with van der Waals surface area (Å²) < 4.78 is 29.0. The lowest BCUT2D eigenvalue weighted by Crippen LogP contribution is -2.27. The molecule has 9 nitrogen and oxygen atoms in total. The highest BCUT2D eigenvalue weighted by atomic mass is 19.1. The Morgan fingerprint density at radius 3 is 2.49 bits per heavy atom. The van der Waals surface area contributed by atoms with Gasteiger partial charge in [0.2, 0.25) is 0 Å². The number of hydrogen-bond donors (Lipinski definition) is 1. The second-order valence-electron chi connectivity index (χ2n) is 9.26. The molecule has 10 heteroatoms. The van der Waals surface area contributed by atoms with Crippen molar-refractivity contribution in [3.63, 3.8) is 0 Å². The zero-order valence-corrected chi connectivity index (χ0v) is 22.7. The molecule has 3 aromatic carbocycles. The van der Waals surface area contributed by atoms with Gasteiger partial charge in [0.25, 0.3) is 11.5 Å². The second-order valence-corrected chi connectivity index (χ2v) is 9.26. The number of fused-ring (bicyclic) bond motifs is 1. The van der Waals surface area contributed by atoms with E-state index < -0.39 is 17.3 Å². The van der Waals surface area contributed by atoms with Crippen LogP contribution in [-0.2, 0) is 11.3 Å². The van der Waals surface area contributed by atoms with E-state index >= 15 is 4.39 Å². The van der Waals surface area contributed by atoms with Crippen molar-refractivity contribution in [1.29, 1.82) is 0 Å². The maximum absolute atomic E-state index is 15.1. The quantitative estimate of drug-likeness (QED) is 0.252. The molecule has 0 radical (unpaired) electrons. The van der Waals surface area contributed by atoms with Crippen LogP contribution in [-0.4, -0.2) is 33.1 Å². The number of anilines is 1. The summed E-state index contributed by atoms with van der Waals surface area (Å²) in [6, 6.07) is 19.6. The first-order valence-electron chi connectivity index (χ1n) is 12.9. The Morgan fingerprint density at radius 1 is 1.00 bits per heavy atom. The summed E-state index contributed by atoms with van der Waals surface area (Å²) in [6.07, 6.45) is 1.83. The van der Waals surface area contributed by atoms with Crippen LogP contribution in [0.15, 0.2) is 83.8 Å². The van der Waals surface area contributed by atoms with Crippen LogP contribution in [0.25, 0.3) is 16.6 Å². The zero-order valence-electron chi connectivity index (χ0n) is 22.7. The van der Waals surface area contributed by atoms with Gasteiger partial charge in [-0.3, -0.25) is 24.0 Å². The van der Waals surface area contributed by atoms with Gasteiger partial charge < -0.3 is 14.8 Å². The van der Waals surface area contributed by atoms with Crippen LogP contribution in [0.3, 0.4) is 0 Å². The minimum absolute atomic E-state index is 0.0573. The topological polar surface area (TPSA) is 104 Å². The highest BCUT2D eigenvalue weighted by Gasteiger charge is 2.25. The van der Waals surface area contributed by atoms with Crippen molar-refractivity contribution in [2.45, 2.75) is 26.8 Å². The van der Waals surface area contributed by atoms with E-state index in [1.807, 2.05) is 0 Å². The van der Waals surface area contributed by atoms with Crippen molar-refractivity contribution in [3.8, 4) is 22.9 Å². The molecule has 0 aliphatic carbocycles. The highest BCUT2D eigenvalue weighted by molar-refractivity contribution is 6.05. The van der Waals surface area contributed by atoms with E-state index in [0.717, 1.165) is 6.07 Å². The number of aromatic nitrogens is 3. The van der Waals surface area contributed by atoms with Crippen molar-refractivity contribution in [3.05, 3.63) is 106 Å². The van der Waals surface area contributed by atoms with Crippen molar-refractivity contribution in [2.24, 2.45) is 0 Å². The monoisotopic (exact) mass is 554 g/mol. The van der Waals surface area contributed by atoms with Crippen molar-refractivity contribution in [2.75, 3.05) is 12.4 Å². The number of hydrogen-bond acceptors (Lipinski definition) is 6. The summed E-state index contributed by atoms with van der Waals surface area (Å²) in [6.45, 7) is 3.26. The number of methoxy groups -OCH3 is 1. The number of ether oxygens (including phenoxy) is 2. The minimum atomic E-state index is -0.720. The predicted molar refractivity (Wildman–Crippen MR) is 153 cm³/mol. The molecule has 1 N–H and O–H groups in total. The highest BCUT2D eigenvalue weighted by Crippen LogP contribution is 2.33. The fourth-order valence-electron chi connectivity index (χ4n) is 4.50. The fraction of sp³-hybridized carbons (Fsp3) is 0.161. The number of Topliss-reactive ketones (excluding diaryl/α,β-unsaturated/α-hetero) is 1. The Balaban J connectivity index is 1.43. The molecule has 0 saturated heterocycles. The van der Waals surface area contributed by atoms with Gasteiger partial charge in [-0.2, -0.15) is 0 Å². The van der Waals surface area contributed by atoms with Crippen LogP contribution >= 0.6 is 0 Å². The number of rotatable bonds is 9. The van der Waals surface area contributed by atoms with Crippen molar-refractivity contribution in [1.82, 2.24) is 14.3 Å². The molecule has 41 heavy (non-hydrogen) atoms. The number of halogens is 1. The SMILES string of the molecule is CCC(=O)Cn1c(C)c(C(=O)Nc2ccc(Oc3ccnc4cc(OC)ccc34)c(F)c2)c(=O)n1-c1ccccc1. The number of benzene rings is 3. The summed E-state index contributed by atoms with van der Waals surface area (Å²) in [4.78, 5) is 43.4. The van der Waals surface area contributed by atoms with Crippen molar-refractivity contribution >= 4 is 28.3 Å². The number of amides is 1. The van der Waals surface area contributed by atoms with Crippen LogP contribution in [0.1, 0.15) is 29.4 Å². The first-order chi connectivity index (χ1) is 19.8. The number of pyridine rings is 1. The van der Waals surface area contributed by atoms with Gasteiger partial charge in [0.05, 0.1) is 30.6 Å². The smallest absolute Gasteiger partial charge is 0.284 e. The molecule has 208 valence electrons. The number of nitrogens with one attached hydrogen (secondary N) is 1. The van der Waals surface area contributed by atoms with Gasteiger partial charge in [-0.15, -0.1) is 0 Å². The largest absolute Gasteiger partial charge is 0.497 e. The first kappa shape index (κ1) is 27.3. The van der Waals surface area contributed by atoms with Crippen LogP contribution in [0.5, 0.6) is 17.2 Å². The molecule has 0 spiro atoms. The van der Waals surface area contributed by atoms with Crippen LogP contribution in [0.2, 0.25) is 0 Å². The van der Waals surface area contributed by atoms with Gasteiger partial charge >= 0.3 is 0 Å². The predicted octanol–water partition coefficient (Wildman–Crippen LogP) is 5.67. The molecule has 2 aromatic heterocycles. The lowest BCUT2D eigenvalue weighted by molar-refractivity contribution is -0.119. The first-order valence-corrected chi connectivity index (χ1v) is 12.9. The van der Waals surface area contributed by atoms with Crippen LogP contribution < -0.4 is 20.3 Å². The number of carbonyl (C=O) groups excluding carboxylic acids is 2. The third kappa shape index (κ3) is 5.44. The summed E-state index contributed by atoms with van der Waals surface area (Å²) in [5.74, 6) is -0.565. The molecule has 0 aliphatic heterocycles. The third-order valence-electron chi connectivity index (χ3n) is 6.66. The second kappa shape index (κ2) is 11.5. The molecule has 0 fully saturated rings. The average molecular weight is 555 g/mol. The van der Waals surface area contributed by atoms with E-state index in [2.05, 4.69) is 10.3 Å². The lowest BCUT2D eigenvalue weighted by atomic mass is 10.2. The van der Waals surface area contributed by atoms with Crippen LogP contribution in [0, 0.1) is 12.7 Å². The lowest BCUT2D eigenvalue weighted by Gasteiger charge is -2.12. The Kier molecular flexibility index (Phi) is 7.64. The third-order valence-corrected chi connectivity index (χ3v) is 6.66. The van der Waals surface area contributed by atoms with Gasteiger partial charge in [-0.05, 0) is 49.4 Å². The Labute approximate surface area is 234 Å². The van der Waals surface area contributed by atoms with E-state index in [0.29, 0.717) is 33.8 Å². The number of carbonyl (C=O) groups is 2. The van der Waals surface area contributed by atoms with Gasteiger partial charge in [0, 0.05) is 35.8 Å². The van der Waals surface area contributed by atoms with E-state index in [9.17, 15) is 14.4 Å². The number of ketones is 1. The van der Waals surface area contributed by atoms with E-state index in [1.165, 1.54) is 21.5 Å². The zero-order chi connectivity index (χ0) is 29.1. The molecule has 0 atom stereocenters. The molecule has 0 saturated carbocycles. The van der Waals surface area contributed by atoms with Crippen molar-refractivity contribution < 1.29 is 23.5 Å². The molecule has 5 aromatic rings. The number of para-hydroxylation sites is 1. The van der Waals surface area contributed by atoms with Gasteiger partial charge in [-0.1, -0.05) is 25.1 Å². The Hall–Kier alpha value is -5.25. The standard InChI is InChI=1S/C31H27FN4O5/c1-4-22(37)18-35-19(2)29(31(39)36(35)21-8-6-5-7-9-21)30(38)34-20-10-13-28(25(32)16-20)41-27-14-15-33-26-17-23(40-3)11-12-24(26)27/h5-17H,4,18H2,1-3H3,(H,34,38). The average Bonchev–Trinajstić information content (AvgIpc) is 3.22. The van der Waals surface area contributed by atoms with Gasteiger partial charge in [-0.25, -0.2) is 9.07 Å². The minimum Gasteiger partial charge on any atom is -0.497 e.